The van der Waals surface area contributed by atoms with Gasteiger partial charge in [0.1, 0.15) is 4.90 Å². The first-order valence-corrected chi connectivity index (χ1v) is 8.12. The summed E-state index contributed by atoms with van der Waals surface area (Å²) in [5.41, 5.74) is 0. The molecule has 0 amide bonds. The molecule has 0 saturated carbocycles. The first-order valence-electron chi connectivity index (χ1n) is 4.72. The molecule has 0 spiro atoms. The molecule has 1 aromatic heterocycles. The Labute approximate surface area is 112 Å². The van der Waals surface area contributed by atoms with E-state index in [9.17, 15) is 8.42 Å². The van der Waals surface area contributed by atoms with Crippen molar-refractivity contribution in [2.24, 2.45) is 0 Å². The topological polar surface area (TPSA) is 59.1 Å². The summed E-state index contributed by atoms with van der Waals surface area (Å²) in [5, 5.41) is 0.882. The minimum Gasteiger partial charge on any atom is -0.262 e. The van der Waals surface area contributed by atoms with Gasteiger partial charge in [0, 0.05) is 28.7 Å². The van der Waals surface area contributed by atoms with Crippen molar-refractivity contribution < 1.29 is 8.42 Å². The Balaban J connectivity index is 2.64. The molecule has 16 heavy (non-hydrogen) atoms. The first-order chi connectivity index (χ1) is 7.56. The number of hydrogen-bond donors (Lipinski definition) is 1. The molecule has 0 unspecified atom stereocenters. The van der Waals surface area contributed by atoms with E-state index < -0.39 is 10.0 Å². The maximum absolute atomic E-state index is 11.8. The molecule has 0 aliphatic rings. The fourth-order valence-electron chi connectivity index (χ4n) is 1.05. The van der Waals surface area contributed by atoms with Crippen molar-refractivity contribution in [2.75, 3.05) is 11.9 Å². The lowest BCUT2D eigenvalue weighted by Gasteiger charge is -2.05. The van der Waals surface area contributed by atoms with Gasteiger partial charge < -0.3 is 0 Å². The molecule has 1 aromatic rings. The van der Waals surface area contributed by atoms with Crippen LogP contribution in [-0.4, -0.2) is 25.3 Å². The Morgan fingerprint density at radius 1 is 1.31 bits per heavy atom. The van der Waals surface area contributed by atoms with Crippen LogP contribution >= 0.6 is 31.9 Å². The number of hydrogen-bond acceptors (Lipinski definition) is 3. The Morgan fingerprint density at radius 3 is 2.69 bits per heavy atom. The van der Waals surface area contributed by atoms with Crippen LogP contribution in [0.25, 0.3) is 0 Å². The summed E-state index contributed by atoms with van der Waals surface area (Å²) in [7, 11) is -3.42. The van der Waals surface area contributed by atoms with E-state index in [1.165, 1.54) is 12.3 Å². The SMILES string of the molecule is O=S(=O)(NCCCCBr)c1cncc(Br)c1. The summed E-state index contributed by atoms with van der Waals surface area (Å²) >= 11 is 6.48. The second-order valence-corrected chi connectivity index (χ2v) is 6.61. The van der Waals surface area contributed by atoms with Crippen molar-refractivity contribution in [1.82, 2.24) is 9.71 Å². The highest BCUT2D eigenvalue weighted by atomic mass is 79.9. The van der Waals surface area contributed by atoms with E-state index in [2.05, 4.69) is 41.6 Å². The zero-order valence-electron chi connectivity index (χ0n) is 8.49. The lowest BCUT2D eigenvalue weighted by Crippen LogP contribution is -2.25. The van der Waals surface area contributed by atoms with Crippen LogP contribution in [0.3, 0.4) is 0 Å². The maximum Gasteiger partial charge on any atom is 0.242 e. The van der Waals surface area contributed by atoms with E-state index in [1.807, 2.05) is 0 Å². The second kappa shape index (κ2) is 6.68. The number of nitrogens with one attached hydrogen (secondary N) is 1. The molecule has 0 aliphatic heterocycles. The predicted octanol–water partition coefficient (Wildman–Crippen LogP) is 2.30. The van der Waals surface area contributed by atoms with E-state index in [-0.39, 0.29) is 4.90 Å². The van der Waals surface area contributed by atoms with E-state index in [4.69, 9.17) is 0 Å². The van der Waals surface area contributed by atoms with Crippen molar-refractivity contribution in [2.45, 2.75) is 17.7 Å². The highest BCUT2D eigenvalue weighted by molar-refractivity contribution is 9.10. The fraction of sp³-hybridized carbons (Fsp3) is 0.444. The minimum atomic E-state index is -3.42. The van der Waals surface area contributed by atoms with Crippen molar-refractivity contribution in [3.05, 3.63) is 22.9 Å². The summed E-state index contributed by atoms with van der Waals surface area (Å²) < 4.78 is 26.7. The Morgan fingerprint density at radius 2 is 2.06 bits per heavy atom. The van der Waals surface area contributed by atoms with Crippen molar-refractivity contribution in [1.29, 1.82) is 0 Å². The molecule has 7 heteroatoms. The molecule has 0 saturated heterocycles. The zero-order valence-corrected chi connectivity index (χ0v) is 12.5. The van der Waals surface area contributed by atoms with Gasteiger partial charge in [-0.2, -0.15) is 0 Å². The van der Waals surface area contributed by atoms with Gasteiger partial charge >= 0.3 is 0 Å². The van der Waals surface area contributed by atoms with Gasteiger partial charge in [-0.1, -0.05) is 15.9 Å². The molecule has 1 rings (SSSR count). The molecule has 0 radical (unpaired) electrons. The third-order valence-corrected chi connectivity index (χ3v) is 4.27. The first kappa shape index (κ1) is 14.1. The number of pyridine rings is 1. The van der Waals surface area contributed by atoms with Gasteiger partial charge in [0.15, 0.2) is 0 Å². The summed E-state index contributed by atoms with van der Waals surface area (Å²) in [6.45, 7) is 0.445. The van der Waals surface area contributed by atoms with Gasteiger partial charge in [0.25, 0.3) is 0 Å². The van der Waals surface area contributed by atoms with Crippen LogP contribution in [0.2, 0.25) is 0 Å². The minimum absolute atomic E-state index is 0.181. The molecule has 4 nitrogen and oxygen atoms in total. The van der Waals surface area contributed by atoms with Crippen LogP contribution in [0.4, 0.5) is 0 Å². The molecule has 90 valence electrons. The van der Waals surface area contributed by atoms with E-state index >= 15 is 0 Å². The van der Waals surface area contributed by atoms with Gasteiger partial charge in [-0.15, -0.1) is 0 Å². The summed E-state index contributed by atoms with van der Waals surface area (Å²) in [6.07, 6.45) is 4.63. The monoisotopic (exact) mass is 370 g/mol. The third-order valence-electron chi connectivity index (χ3n) is 1.84. The standard InChI is InChI=1S/C9H12Br2N2O2S/c10-3-1-2-4-13-16(14,15)9-5-8(11)6-12-7-9/h5-7,13H,1-4H2. The van der Waals surface area contributed by atoms with Crippen molar-refractivity contribution in [3.8, 4) is 0 Å². The molecular formula is C9H12Br2N2O2S. The summed E-state index contributed by atoms with van der Waals surface area (Å²) in [4.78, 5) is 4.00. The number of halogens is 2. The quantitative estimate of drug-likeness (QED) is 0.616. The van der Waals surface area contributed by atoms with Crippen LogP contribution in [0.1, 0.15) is 12.8 Å². The number of unbranched alkanes of at least 4 members (excludes halogenated alkanes) is 1. The van der Waals surface area contributed by atoms with Crippen LogP contribution in [0, 0.1) is 0 Å². The van der Waals surface area contributed by atoms with Gasteiger partial charge in [-0.25, -0.2) is 13.1 Å². The Kier molecular flexibility index (Phi) is 5.88. The van der Waals surface area contributed by atoms with Crippen LogP contribution < -0.4 is 4.72 Å². The molecule has 1 heterocycles. The Bertz CT molecular complexity index is 437. The second-order valence-electron chi connectivity index (χ2n) is 3.13. The molecule has 0 bridgehead atoms. The molecule has 0 fully saturated rings. The average molecular weight is 372 g/mol. The lowest BCUT2D eigenvalue weighted by molar-refractivity contribution is 0.578. The van der Waals surface area contributed by atoms with E-state index in [0.29, 0.717) is 11.0 Å². The predicted molar refractivity (Wildman–Crippen MR) is 70.2 cm³/mol. The largest absolute Gasteiger partial charge is 0.262 e. The van der Waals surface area contributed by atoms with E-state index in [1.54, 1.807) is 6.20 Å². The van der Waals surface area contributed by atoms with E-state index in [0.717, 1.165) is 18.2 Å². The smallest absolute Gasteiger partial charge is 0.242 e. The number of rotatable bonds is 6. The molecule has 1 N–H and O–H groups in total. The molecule has 0 atom stereocenters. The third kappa shape index (κ3) is 4.48. The number of alkyl halides is 1. The van der Waals surface area contributed by atoms with Gasteiger partial charge in [0.2, 0.25) is 10.0 Å². The number of aromatic nitrogens is 1. The van der Waals surface area contributed by atoms with Crippen LogP contribution in [-0.2, 0) is 10.0 Å². The van der Waals surface area contributed by atoms with Gasteiger partial charge in [-0.3, -0.25) is 4.98 Å². The molecule has 0 aliphatic carbocycles. The van der Waals surface area contributed by atoms with Crippen molar-refractivity contribution >= 4 is 41.9 Å². The summed E-state index contributed by atoms with van der Waals surface area (Å²) in [6, 6.07) is 1.53. The van der Waals surface area contributed by atoms with Crippen molar-refractivity contribution in [3.63, 3.8) is 0 Å². The number of sulfonamides is 1. The van der Waals surface area contributed by atoms with Crippen LogP contribution in [0.15, 0.2) is 27.8 Å². The highest BCUT2D eigenvalue weighted by Gasteiger charge is 2.13. The zero-order chi connectivity index (χ0) is 12.0. The highest BCUT2D eigenvalue weighted by Crippen LogP contribution is 2.13. The molecular weight excluding hydrogens is 360 g/mol. The van der Waals surface area contributed by atoms with Gasteiger partial charge in [-0.05, 0) is 34.8 Å². The number of nitrogens with zero attached hydrogens (tertiary/aromatic N) is 1. The van der Waals surface area contributed by atoms with Crippen LogP contribution in [0.5, 0.6) is 0 Å². The molecule has 0 aromatic carbocycles. The summed E-state index contributed by atoms with van der Waals surface area (Å²) in [5.74, 6) is 0. The van der Waals surface area contributed by atoms with Gasteiger partial charge in [0.05, 0.1) is 0 Å². The average Bonchev–Trinajstić information content (AvgIpc) is 2.24. The fourth-order valence-corrected chi connectivity index (χ4v) is 3.02. The lowest BCUT2D eigenvalue weighted by atomic mass is 10.3. The maximum atomic E-state index is 11.8. The normalized spacial score (nSPS) is 11.6. The Hall–Kier alpha value is 0.0200.